The molecule has 0 aliphatic carbocycles. The minimum absolute atomic E-state index is 0. The Morgan fingerprint density at radius 1 is 1.38 bits per heavy atom. The van der Waals surface area contributed by atoms with Crippen molar-refractivity contribution >= 4 is 30.3 Å². The van der Waals surface area contributed by atoms with Gasteiger partial charge in [0.1, 0.15) is 0 Å². The molecular weight excluding hydrogens is 474 g/mol. The topological polar surface area (TPSA) is 32.7 Å². The number of ether oxygens (including phenoxy) is 1. The van der Waals surface area contributed by atoms with E-state index in [2.05, 4.69) is 49.8 Å². The van der Waals surface area contributed by atoms with E-state index in [4.69, 9.17) is 4.74 Å². The summed E-state index contributed by atoms with van der Waals surface area (Å²) in [7, 11) is 1.71. The van der Waals surface area contributed by atoms with Crippen molar-refractivity contribution in [2.75, 3.05) is 6.61 Å². The van der Waals surface area contributed by atoms with E-state index in [1.165, 1.54) is 11.1 Å². The second-order valence-electron chi connectivity index (χ2n) is 4.42. The molecule has 1 N–H and O–H groups in total. The van der Waals surface area contributed by atoms with E-state index in [0.717, 1.165) is 13.0 Å². The molecule has 117 valence electrons. The summed E-state index contributed by atoms with van der Waals surface area (Å²) in [6.45, 7) is 7.40. The first-order chi connectivity index (χ1) is 9.74. The normalized spacial score (nSPS) is 18.8. The Bertz CT molecular complexity index is 398. The van der Waals surface area contributed by atoms with E-state index in [9.17, 15) is 5.11 Å². The standard InChI is InChI=1S/C13H18INO2S.C2H6.Y/c1-2-17-13(16)8-12-7-10-5-3-4-6-11(10)9-15(12)18-14;1-2;/h3-6,12-13,16H,2,7-9H2,1H3;1-2H3;. The molecule has 2 rings (SSSR count). The van der Waals surface area contributed by atoms with Crippen LogP contribution in [0.3, 0.4) is 0 Å². The molecule has 0 saturated carbocycles. The van der Waals surface area contributed by atoms with Gasteiger partial charge in [-0.15, -0.1) is 0 Å². The molecule has 2 unspecified atom stereocenters. The van der Waals surface area contributed by atoms with E-state index in [1.54, 1.807) is 9.12 Å². The van der Waals surface area contributed by atoms with Crippen LogP contribution in [0.2, 0.25) is 0 Å². The van der Waals surface area contributed by atoms with Crippen molar-refractivity contribution in [3.8, 4) is 0 Å². The molecule has 1 heterocycles. The van der Waals surface area contributed by atoms with Crippen molar-refractivity contribution in [2.24, 2.45) is 0 Å². The molecule has 0 aromatic heterocycles. The number of rotatable bonds is 5. The number of halogens is 1. The molecule has 1 aromatic carbocycles. The first kappa shape index (κ1) is 22.3. The van der Waals surface area contributed by atoms with Crippen LogP contribution in [0, 0.1) is 0 Å². The van der Waals surface area contributed by atoms with Gasteiger partial charge in [0.25, 0.3) is 0 Å². The monoisotopic (exact) mass is 498 g/mol. The number of aliphatic hydroxyl groups is 1. The Morgan fingerprint density at radius 2 is 2.00 bits per heavy atom. The van der Waals surface area contributed by atoms with Gasteiger partial charge < -0.3 is 9.84 Å². The predicted octanol–water partition coefficient (Wildman–Crippen LogP) is 4.18. The molecule has 1 aromatic rings. The third kappa shape index (κ3) is 7.14. The van der Waals surface area contributed by atoms with Crippen LogP contribution in [-0.4, -0.2) is 28.4 Å². The molecular formula is C15H24INO2SY. The Labute approximate surface area is 170 Å². The Morgan fingerprint density at radius 3 is 2.57 bits per heavy atom. The van der Waals surface area contributed by atoms with Crippen LogP contribution in [0.25, 0.3) is 0 Å². The number of fused-ring (bicyclic) bond motifs is 1. The maximum atomic E-state index is 9.80. The average Bonchev–Trinajstić information content (AvgIpc) is 2.49. The zero-order valence-corrected chi connectivity index (χ0v) is 18.8. The third-order valence-electron chi connectivity index (χ3n) is 3.23. The van der Waals surface area contributed by atoms with Crippen LogP contribution in [0.4, 0.5) is 0 Å². The minimum atomic E-state index is -0.656. The van der Waals surface area contributed by atoms with Gasteiger partial charge in [-0.05, 0) is 33.6 Å². The molecule has 0 bridgehead atoms. The summed E-state index contributed by atoms with van der Waals surface area (Å²) in [5.41, 5.74) is 2.79. The molecule has 21 heavy (non-hydrogen) atoms. The Balaban J connectivity index is 0.00000128. The van der Waals surface area contributed by atoms with Gasteiger partial charge in [0.05, 0.1) is 0 Å². The zero-order valence-electron chi connectivity index (χ0n) is 13.0. The van der Waals surface area contributed by atoms with Crippen molar-refractivity contribution < 1.29 is 42.6 Å². The summed E-state index contributed by atoms with van der Waals surface area (Å²) in [4.78, 5) is 0. The quantitative estimate of drug-likeness (QED) is 0.376. The second-order valence-corrected chi connectivity index (χ2v) is 6.21. The van der Waals surface area contributed by atoms with Crippen LogP contribution in [0.5, 0.6) is 0 Å². The van der Waals surface area contributed by atoms with Crippen LogP contribution in [0.15, 0.2) is 24.3 Å². The molecule has 1 aliphatic rings. The van der Waals surface area contributed by atoms with Crippen molar-refractivity contribution in [2.45, 2.75) is 52.5 Å². The van der Waals surface area contributed by atoms with E-state index in [0.29, 0.717) is 19.1 Å². The average molecular weight is 498 g/mol. The van der Waals surface area contributed by atoms with Crippen LogP contribution in [0.1, 0.15) is 38.3 Å². The summed E-state index contributed by atoms with van der Waals surface area (Å²) in [6, 6.07) is 8.88. The van der Waals surface area contributed by atoms with Gasteiger partial charge in [-0.25, -0.2) is 4.31 Å². The molecule has 0 saturated heterocycles. The van der Waals surface area contributed by atoms with Crippen molar-refractivity contribution in [1.82, 2.24) is 4.31 Å². The predicted molar refractivity (Wildman–Crippen MR) is 94.7 cm³/mol. The maximum Gasteiger partial charge on any atom is 0.156 e. The van der Waals surface area contributed by atoms with Crippen molar-refractivity contribution in [3.05, 3.63) is 35.4 Å². The third-order valence-corrected chi connectivity index (χ3v) is 5.35. The summed E-state index contributed by atoms with van der Waals surface area (Å²) < 4.78 is 7.57. The molecule has 1 radical (unpaired) electrons. The summed E-state index contributed by atoms with van der Waals surface area (Å²) in [6.07, 6.45) is 0.991. The summed E-state index contributed by atoms with van der Waals surface area (Å²) in [5.74, 6) is 0. The largest absolute Gasteiger partial charge is 0.368 e. The molecule has 0 spiro atoms. The van der Waals surface area contributed by atoms with Crippen molar-refractivity contribution in [1.29, 1.82) is 0 Å². The second kappa shape index (κ2) is 12.7. The number of nitrogens with zero attached hydrogens (tertiary/aromatic N) is 1. The smallest absolute Gasteiger partial charge is 0.156 e. The van der Waals surface area contributed by atoms with Gasteiger partial charge >= 0.3 is 0 Å². The van der Waals surface area contributed by atoms with Gasteiger partial charge in [0.15, 0.2) is 6.29 Å². The van der Waals surface area contributed by atoms with E-state index in [-0.39, 0.29) is 32.7 Å². The number of benzene rings is 1. The van der Waals surface area contributed by atoms with E-state index in [1.807, 2.05) is 20.8 Å². The van der Waals surface area contributed by atoms with Crippen LogP contribution in [-0.2, 0) is 50.4 Å². The van der Waals surface area contributed by atoms with Gasteiger partial charge in [0.2, 0.25) is 0 Å². The Kier molecular flexibility index (Phi) is 13.5. The molecule has 0 amide bonds. The van der Waals surface area contributed by atoms with Crippen LogP contribution < -0.4 is 0 Å². The fraction of sp³-hybridized carbons (Fsp3) is 0.600. The number of hydrogen-bond acceptors (Lipinski definition) is 4. The summed E-state index contributed by atoms with van der Waals surface area (Å²) in [5, 5.41) is 9.80. The Hall–Kier alpha value is 1.28. The van der Waals surface area contributed by atoms with Crippen molar-refractivity contribution in [3.63, 3.8) is 0 Å². The summed E-state index contributed by atoms with van der Waals surface area (Å²) >= 11 is 2.31. The number of hydrogen-bond donors (Lipinski definition) is 1. The SMILES string of the molecule is CC.CCOC(O)CC1Cc2ccccc2CN1SI.[Y]. The molecule has 2 atom stereocenters. The van der Waals surface area contributed by atoms with E-state index < -0.39 is 6.29 Å². The number of aliphatic hydroxyl groups excluding tert-OH is 1. The molecule has 0 fully saturated rings. The minimum Gasteiger partial charge on any atom is -0.368 e. The zero-order chi connectivity index (χ0) is 15.0. The fourth-order valence-electron chi connectivity index (χ4n) is 2.34. The maximum absolute atomic E-state index is 9.80. The fourth-order valence-corrected chi connectivity index (χ4v) is 4.18. The van der Waals surface area contributed by atoms with Gasteiger partial charge in [-0.2, -0.15) is 0 Å². The molecule has 3 nitrogen and oxygen atoms in total. The van der Waals surface area contributed by atoms with Crippen LogP contribution >= 0.6 is 30.3 Å². The molecule has 1 aliphatic heterocycles. The first-order valence-electron chi connectivity index (χ1n) is 7.16. The molecule has 6 heteroatoms. The first-order valence-corrected chi connectivity index (χ1v) is 10.5. The van der Waals surface area contributed by atoms with Gasteiger partial charge in [0, 0.05) is 79.5 Å². The van der Waals surface area contributed by atoms with Gasteiger partial charge in [-0.3, -0.25) is 0 Å². The van der Waals surface area contributed by atoms with E-state index >= 15 is 0 Å². The van der Waals surface area contributed by atoms with Gasteiger partial charge in [-0.1, -0.05) is 38.1 Å².